The Hall–Kier alpha value is -10.5. The summed E-state index contributed by atoms with van der Waals surface area (Å²) in [5.74, 6) is 0. The Labute approximate surface area is 529 Å². The smallest absolute Gasteiger partial charge is 0.136 e. The van der Waals surface area contributed by atoms with Crippen LogP contribution in [0.15, 0.2) is 299 Å². The summed E-state index contributed by atoms with van der Waals surface area (Å²) in [7, 11) is 0. The molecule has 0 fully saturated rings. The third-order valence-electron chi connectivity index (χ3n) is 13.0. The predicted octanol–water partition coefficient (Wildman–Crippen LogP) is 22.4. The van der Waals surface area contributed by atoms with Crippen LogP contribution in [0.4, 0.5) is 0 Å². The van der Waals surface area contributed by atoms with Gasteiger partial charge in [0.25, 0.3) is 0 Å². The van der Waals surface area contributed by atoms with E-state index < -0.39 is 454 Å². The first-order valence-corrected chi connectivity index (χ1v) is 23.6. The van der Waals surface area contributed by atoms with Crippen LogP contribution in [-0.4, -0.2) is 0 Å². The molecule has 2 nitrogen and oxygen atoms in total. The second kappa shape index (κ2) is 18.6. The van der Waals surface area contributed by atoms with Gasteiger partial charge in [-0.25, -0.2) is 0 Å². The SMILES string of the molecule is [2H]c1c([2H])c(-c2c3c([2H])c([2H])c([2H])c([2H])c3c(-c3c([2H])c([2H])c([2H])c4oc5c([2H])c([2H])c([2H])c([2H])c5c34)c3c([2H])c([2H])c([2H])c([2H])c23)c([2H])c([2H])c1-c1c([2H])c([2H])c2c([2H])c([2H])c([2H])c([2H])c2c1[2H].[2H]c1c([2H])c([2H])c2c(oc3c([2H])c([2H])c([2H])c(-c4c5c([2H])c([2H])c([2H])c([2H])c5c(-c5c([2H])c([2H])c6c([2H])c([2H])c([2H])c([2H])c6c5[2H])c5c([2H])c([2H])c([2H])c([2H])c45)c32)c1[2H]. The topological polar surface area (TPSA) is 26.3 Å². The van der Waals surface area contributed by atoms with Crippen molar-refractivity contribution < 1.29 is 74.6 Å². The molecule has 0 atom stereocenters. The van der Waals surface area contributed by atoms with Gasteiger partial charge in [-0.2, -0.15) is 0 Å². The maximum atomic E-state index is 9.48. The fourth-order valence-corrected chi connectivity index (χ4v) is 9.72. The Morgan fingerprint density at radius 1 is 0.200 bits per heavy atom. The van der Waals surface area contributed by atoms with Crippen LogP contribution >= 0.6 is 0 Å². The van der Waals surface area contributed by atoms with Crippen molar-refractivity contribution in [1.29, 1.82) is 0 Å². The molecule has 0 aliphatic carbocycles. The van der Waals surface area contributed by atoms with Crippen LogP contribution in [0.1, 0.15) is 65.8 Å². The van der Waals surface area contributed by atoms with Crippen LogP contribution < -0.4 is 0 Å². The van der Waals surface area contributed by atoms with Gasteiger partial charge in [0, 0.05) is 21.5 Å². The average Bonchev–Trinajstić information content (AvgIpc) is 1.10. The molecule has 0 saturated heterocycles. The minimum atomic E-state index is -1.08. The predicted molar refractivity (Wildman–Crippen MR) is 340 cm³/mol. The normalized spacial score (nSPS) is 20.1. The van der Waals surface area contributed by atoms with Gasteiger partial charge in [-0.3, -0.25) is 0 Å². The molecule has 17 aromatic rings. The molecule has 0 amide bonds. The van der Waals surface area contributed by atoms with Crippen LogP contribution in [0.3, 0.4) is 0 Å². The molecule has 0 aliphatic rings. The minimum Gasteiger partial charge on any atom is -0.456 e. The molecule has 0 spiro atoms. The summed E-state index contributed by atoms with van der Waals surface area (Å²) in [6, 6.07) is -41.9. The van der Waals surface area contributed by atoms with E-state index in [1.807, 2.05) is 0 Å². The molecule has 372 valence electrons. The first-order valence-electron chi connectivity index (χ1n) is 47.6. The van der Waals surface area contributed by atoms with Crippen LogP contribution in [0.25, 0.3) is 164 Å². The van der Waals surface area contributed by atoms with Crippen molar-refractivity contribution in [2.45, 2.75) is 0 Å². The first kappa shape index (κ1) is 18.6. The van der Waals surface area contributed by atoms with Crippen molar-refractivity contribution in [3.8, 4) is 55.6 Å². The second-order valence-corrected chi connectivity index (χ2v) is 17.3. The van der Waals surface area contributed by atoms with Crippen LogP contribution in [-0.2, 0) is 0 Å². The van der Waals surface area contributed by atoms with Gasteiger partial charge in [-0.15, -0.1) is 0 Å². The van der Waals surface area contributed by atoms with E-state index in [4.69, 9.17) is 52.7 Å². The van der Waals surface area contributed by atoms with Gasteiger partial charge in [-0.1, -0.05) is 254 Å². The largest absolute Gasteiger partial charge is 0.456 e. The Morgan fingerprint density at radius 2 is 0.500 bits per heavy atom. The van der Waals surface area contributed by atoms with Crippen molar-refractivity contribution in [3.05, 3.63) is 290 Å². The molecule has 0 radical (unpaired) electrons. The molecule has 0 unspecified atom stereocenters. The highest BCUT2D eigenvalue weighted by Crippen LogP contribution is 2.49. The zero-order chi connectivity index (χ0) is 94.4. The molecule has 17 rings (SSSR count). The van der Waals surface area contributed by atoms with E-state index in [0.29, 0.717) is 0 Å². The summed E-state index contributed by atoms with van der Waals surface area (Å²) < 4.78 is 437. The van der Waals surface area contributed by atoms with Gasteiger partial charge >= 0.3 is 0 Å². The number of fused-ring (bicyclic) bond motifs is 12. The Kier molecular flexibility index (Phi) is 4.31. The molecule has 15 aromatic carbocycles. The van der Waals surface area contributed by atoms with Gasteiger partial charge in [-0.05, 0) is 157 Å². The Bertz CT molecular complexity index is 8080. The monoisotopic (exact) mass is 1060 g/mol. The van der Waals surface area contributed by atoms with E-state index in [2.05, 4.69) is 0 Å². The standard InChI is InChI=1S/C42H26O.C36H22O/c1-2-11-30-26-31(25-22-27(30)10-1)28-20-23-29(24-21-28)40-32-12-3-5-14-34(32)41(35-15-6-4-13-33(35)40)37-17-9-19-39-42(37)36-16-7-8-18-38(36)43-39;1-2-11-24-22-25(21-20-23(24)10-1)34-26-12-3-5-14-28(26)35(29-15-6-4-13-27(29)34)31-17-9-19-33-36(31)30-16-7-8-18-32(30)37-33/h1-26H;1-22H/i1D,2D,3D,4D,5D,6D,7D,8D,9D,10D,11D,12D,13D,14D,15D,16D,17D,18D,19D,20D,21D,22D,23D,24D,25D,26D;1D,2D,3D,4D,5D,6D,7D,8D,9D,10D,11D,12D,13D,14D,15D,16D,17D,18D,19D,20D,21D,22D. The molecule has 80 heavy (non-hydrogen) atoms. The highest BCUT2D eigenvalue weighted by molar-refractivity contribution is 6.27. The van der Waals surface area contributed by atoms with Crippen LogP contribution in [0.5, 0.6) is 0 Å². The maximum absolute atomic E-state index is 9.48. The molecular formula is C78H48O2. The molecule has 0 saturated carbocycles. The average molecular weight is 1070 g/mol. The lowest BCUT2D eigenvalue weighted by atomic mass is 9.84. The number of hydrogen-bond donors (Lipinski definition) is 0. The van der Waals surface area contributed by atoms with Gasteiger partial charge in [0.15, 0.2) is 0 Å². The third-order valence-corrected chi connectivity index (χ3v) is 13.0. The summed E-state index contributed by atoms with van der Waals surface area (Å²) in [6.45, 7) is 0. The van der Waals surface area contributed by atoms with Crippen LogP contribution in [0, 0.1) is 0 Å². The fraction of sp³-hybridized carbons (Fsp3) is 0. The molecule has 0 bridgehead atoms. The summed E-state index contributed by atoms with van der Waals surface area (Å²) in [4.78, 5) is 0. The summed E-state index contributed by atoms with van der Waals surface area (Å²) in [6.07, 6.45) is 0. The number of furan rings is 2. The van der Waals surface area contributed by atoms with E-state index in [9.17, 15) is 21.9 Å². The maximum Gasteiger partial charge on any atom is 0.136 e. The van der Waals surface area contributed by atoms with Crippen molar-refractivity contribution in [2.75, 3.05) is 0 Å². The molecule has 0 aliphatic heterocycles. The molecule has 2 aromatic heterocycles. The molecule has 2 heteroatoms. The van der Waals surface area contributed by atoms with E-state index >= 15 is 0 Å². The highest BCUT2D eigenvalue weighted by atomic mass is 16.3. The van der Waals surface area contributed by atoms with Gasteiger partial charge in [0.05, 0.1) is 65.8 Å². The minimum absolute atomic E-state index is 0.417. The number of rotatable bonds is 5. The second-order valence-electron chi connectivity index (χ2n) is 17.3. The summed E-state index contributed by atoms with van der Waals surface area (Å²) in [5.41, 5.74) is -9.12. The summed E-state index contributed by atoms with van der Waals surface area (Å²) in [5, 5.41) is -9.30. The molecule has 2 heterocycles. The van der Waals surface area contributed by atoms with Crippen molar-refractivity contribution in [3.63, 3.8) is 0 Å². The zero-order valence-electron chi connectivity index (χ0n) is 87.8. The highest BCUT2D eigenvalue weighted by Gasteiger charge is 2.22. The van der Waals surface area contributed by atoms with Crippen molar-refractivity contribution in [2.24, 2.45) is 0 Å². The lowest BCUT2D eigenvalue weighted by molar-refractivity contribution is 0.668. The van der Waals surface area contributed by atoms with Crippen molar-refractivity contribution >= 4 is 109 Å². The van der Waals surface area contributed by atoms with E-state index in [-0.39, 0.29) is 0 Å². The van der Waals surface area contributed by atoms with Crippen molar-refractivity contribution in [1.82, 2.24) is 0 Å². The summed E-state index contributed by atoms with van der Waals surface area (Å²) >= 11 is 0. The number of para-hydroxylation sites is 2. The van der Waals surface area contributed by atoms with E-state index in [0.717, 1.165) is 0 Å². The van der Waals surface area contributed by atoms with Gasteiger partial charge in [0.1, 0.15) is 22.3 Å². The zero-order valence-corrected chi connectivity index (χ0v) is 39.8. The lowest BCUT2D eigenvalue weighted by Crippen LogP contribution is -1.91. The third kappa shape index (κ3) is 7.34. The fourth-order valence-electron chi connectivity index (χ4n) is 9.72. The first-order chi connectivity index (χ1) is 59.7. The molecular weight excluding hydrogens is 969 g/mol. The number of benzene rings is 15. The lowest BCUT2D eigenvalue weighted by Gasteiger charge is -2.18. The van der Waals surface area contributed by atoms with Gasteiger partial charge in [0.2, 0.25) is 0 Å². The van der Waals surface area contributed by atoms with E-state index in [1.165, 1.54) is 0 Å². The Morgan fingerprint density at radius 3 is 0.938 bits per heavy atom. The molecule has 0 N–H and O–H groups in total. The number of hydrogen-bond acceptors (Lipinski definition) is 2. The Balaban J connectivity index is 0.000000190. The van der Waals surface area contributed by atoms with Gasteiger partial charge < -0.3 is 8.83 Å². The van der Waals surface area contributed by atoms with Crippen LogP contribution in [0.2, 0.25) is 0 Å². The van der Waals surface area contributed by atoms with E-state index in [1.54, 1.807) is 0 Å². The quantitative estimate of drug-likeness (QED) is 0.161.